The highest BCUT2D eigenvalue weighted by atomic mass is 16.2. The molecule has 0 spiro atoms. The van der Waals surface area contributed by atoms with Gasteiger partial charge in [0.1, 0.15) is 6.33 Å². The van der Waals surface area contributed by atoms with E-state index in [2.05, 4.69) is 33.1 Å². The normalized spacial score (nSPS) is 11.7. The van der Waals surface area contributed by atoms with Gasteiger partial charge in [0.25, 0.3) is 5.91 Å². The number of urea groups is 1. The highest BCUT2D eigenvalue weighted by Gasteiger charge is 2.16. The fourth-order valence-corrected chi connectivity index (χ4v) is 2.67. The molecule has 0 saturated carbocycles. The van der Waals surface area contributed by atoms with Gasteiger partial charge in [0.2, 0.25) is 0 Å². The Balaban J connectivity index is 2.04. The number of benzene rings is 1. The van der Waals surface area contributed by atoms with Crippen LogP contribution in [0.3, 0.4) is 0 Å². The van der Waals surface area contributed by atoms with Gasteiger partial charge in [-0.05, 0) is 44.4 Å². The van der Waals surface area contributed by atoms with Crippen LogP contribution < -0.4 is 16.0 Å². The number of carbonyl (C=O) groups excluding carboxylic acids is 2. The molecule has 0 fully saturated rings. The molecule has 8 nitrogen and oxygen atoms in total. The molecular weight excluding hydrogens is 344 g/mol. The van der Waals surface area contributed by atoms with E-state index in [-0.39, 0.29) is 18.0 Å². The maximum Gasteiger partial charge on any atom is 0.319 e. The zero-order chi connectivity index (χ0) is 19.8. The number of rotatable bonds is 8. The van der Waals surface area contributed by atoms with Crippen LogP contribution in [0.5, 0.6) is 0 Å². The molecule has 0 saturated heterocycles. The Morgan fingerprint density at radius 3 is 2.70 bits per heavy atom. The zero-order valence-electron chi connectivity index (χ0n) is 16.4. The zero-order valence-corrected chi connectivity index (χ0v) is 16.4. The molecule has 146 valence electrons. The smallest absolute Gasteiger partial charge is 0.319 e. The second-order valence-electron chi connectivity index (χ2n) is 6.49. The molecule has 3 N–H and O–H groups in total. The Hall–Kier alpha value is -2.90. The van der Waals surface area contributed by atoms with Crippen LogP contribution in [0.25, 0.3) is 0 Å². The van der Waals surface area contributed by atoms with E-state index in [1.54, 1.807) is 18.5 Å². The average Bonchev–Trinajstić information content (AvgIpc) is 3.10. The van der Waals surface area contributed by atoms with Crippen molar-refractivity contribution in [2.24, 2.45) is 0 Å². The molecule has 0 aliphatic carbocycles. The summed E-state index contributed by atoms with van der Waals surface area (Å²) in [6, 6.07) is 4.60. The first-order valence-electron chi connectivity index (χ1n) is 9.30. The first-order valence-corrected chi connectivity index (χ1v) is 9.30. The summed E-state index contributed by atoms with van der Waals surface area (Å²) in [5.41, 5.74) is 1.98. The van der Waals surface area contributed by atoms with Gasteiger partial charge in [0.15, 0.2) is 5.82 Å². The molecule has 1 aromatic heterocycles. The maximum atomic E-state index is 12.4. The number of anilines is 1. The molecule has 1 heterocycles. The van der Waals surface area contributed by atoms with Gasteiger partial charge >= 0.3 is 6.03 Å². The van der Waals surface area contributed by atoms with Crippen LogP contribution in [0.2, 0.25) is 0 Å². The lowest BCUT2D eigenvalue weighted by molar-refractivity contribution is 0.0953. The fourth-order valence-electron chi connectivity index (χ4n) is 2.67. The van der Waals surface area contributed by atoms with E-state index < -0.39 is 0 Å². The molecular formula is C19H28N6O2. The number of nitrogens with zero attached hydrogens (tertiary/aromatic N) is 3. The van der Waals surface area contributed by atoms with Crippen molar-refractivity contribution in [1.82, 2.24) is 25.4 Å². The number of hydrogen-bond acceptors (Lipinski definition) is 4. The van der Waals surface area contributed by atoms with Crippen molar-refractivity contribution in [3.8, 4) is 0 Å². The SMILES string of the molecule is CCCNC(=O)c1ccc(C)c(NC(=O)N[C@H](C)c2nncn2CCC)c1. The summed E-state index contributed by atoms with van der Waals surface area (Å²) in [6.45, 7) is 9.22. The molecule has 2 aromatic rings. The minimum atomic E-state index is -0.359. The van der Waals surface area contributed by atoms with Crippen LogP contribution in [0, 0.1) is 6.92 Å². The van der Waals surface area contributed by atoms with Crippen LogP contribution in [-0.4, -0.2) is 33.2 Å². The van der Waals surface area contributed by atoms with E-state index in [0.29, 0.717) is 23.6 Å². The van der Waals surface area contributed by atoms with Crippen LogP contribution in [-0.2, 0) is 6.54 Å². The molecule has 8 heteroatoms. The van der Waals surface area contributed by atoms with Gasteiger partial charge < -0.3 is 20.5 Å². The fraction of sp³-hybridized carbons (Fsp3) is 0.474. The maximum absolute atomic E-state index is 12.4. The van der Waals surface area contributed by atoms with Gasteiger partial charge in [-0.1, -0.05) is 19.9 Å². The summed E-state index contributed by atoms with van der Waals surface area (Å²) < 4.78 is 1.93. The monoisotopic (exact) mass is 372 g/mol. The van der Waals surface area contributed by atoms with Crippen LogP contribution in [0.1, 0.15) is 61.4 Å². The summed E-state index contributed by atoms with van der Waals surface area (Å²) >= 11 is 0. The van der Waals surface area contributed by atoms with E-state index in [4.69, 9.17) is 0 Å². The average molecular weight is 372 g/mol. The number of hydrogen-bond donors (Lipinski definition) is 3. The first kappa shape index (κ1) is 20.4. The molecule has 2 rings (SSSR count). The van der Waals surface area contributed by atoms with Crippen molar-refractivity contribution >= 4 is 17.6 Å². The van der Waals surface area contributed by atoms with Gasteiger partial charge in [-0.25, -0.2) is 4.79 Å². The van der Waals surface area contributed by atoms with E-state index in [1.165, 1.54) is 0 Å². The van der Waals surface area contributed by atoms with Gasteiger partial charge in [-0.3, -0.25) is 4.79 Å². The Labute approximate surface area is 159 Å². The second kappa shape index (κ2) is 9.70. The van der Waals surface area contributed by atoms with Gasteiger partial charge in [-0.15, -0.1) is 10.2 Å². The van der Waals surface area contributed by atoms with Crippen molar-refractivity contribution in [3.63, 3.8) is 0 Å². The van der Waals surface area contributed by atoms with Crippen molar-refractivity contribution < 1.29 is 9.59 Å². The molecule has 0 bridgehead atoms. The molecule has 3 amide bonds. The Morgan fingerprint density at radius 2 is 2.00 bits per heavy atom. The van der Waals surface area contributed by atoms with E-state index in [1.807, 2.05) is 31.4 Å². The topological polar surface area (TPSA) is 101 Å². The quantitative estimate of drug-likeness (QED) is 0.663. The van der Waals surface area contributed by atoms with E-state index >= 15 is 0 Å². The highest BCUT2D eigenvalue weighted by Crippen LogP contribution is 2.18. The Kier molecular flexibility index (Phi) is 7.34. The third-order valence-electron chi connectivity index (χ3n) is 4.13. The lowest BCUT2D eigenvalue weighted by atomic mass is 10.1. The minimum Gasteiger partial charge on any atom is -0.352 e. The summed E-state index contributed by atoms with van der Waals surface area (Å²) in [6.07, 6.45) is 3.49. The second-order valence-corrected chi connectivity index (χ2v) is 6.49. The van der Waals surface area contributed by atoms with Crippen molar-refractivity contribution in [1.29, 1.82) is 0 Å². The van der Waals surface area contributed by atoms with Gasteiger partial charge in [0.05, 0.1) is 6.04 Å². The third kappa shape index (κ3) is 5.54. The number of carbonyl (C=O) groups is 2. The summed E-state index contributed by atoms with van der Waals surface area (Å²) in [4.78, 5) is 24.5. The summed E-state index contributed by atoms with van der Waals surface area (Å²) in [5, 5.41) is 16.5. The largest absolute Gasteiger partial charge is 0.352 e. The standard InChI is InChI=1S/C19H28N6O2/c1-5-9-20-18(26)15-8-7-13(3)16(11-15)23-19(27)22-14(4)17-24-21-12-25(17)10-6-2/h7-8,11-12,14H,5-6,9-10H2,1-4H3,(H,20,26)(H2,22,23,27)/t14-/m1/s1. The Bertz CT molecular complexity index is 786. The molecule has 27 heavy (non-hydrogen) atoms. The summed E-state index contributed by atoms with van der Waals surface area (Å²) in [7, 11) is 0. The van der Waals surface area contributed by atoms with Crippen LogP contribution >= 0.6 is 0 Å². The van der Waals surface area contributed by atoms with Gasteiger partial charge in [-0.2, -0.15) is 0 Å². The molecule has 1 aromatic carbocycles. The molecule has 1 atom stereocenters. The molecule has 0 unspecified atom stereocenters. The van der Waals surface area contributed by atoms with E-state index in [0.717, 1.165) is 24.9 Å². The lowest BCUT2D eigenvalue weighted by Crippen LogP contribution is -2.33. The number of nitrogens with one attached hydrogen (secondary N) is 3. The number of aromatic nitrogens is 3. The number of amides is 3. The molecule has 0 aliphatic rings. The highest BCUT2D eigenvalue weighted by molar-refractivity contribution is 5.97. The van der Waals surface area contributed by atoms with Crippen molar-refractivity contribution in [3.05, 3.63) is 41.5 Å². The first-order chi connectivity index (χ1) is 13.0. The summed E-state index contributed by atoms with van der Waals surface area (Å²) in [5.74, 6) is 0.553. The van der Waals surface area contributed by atoms with Crippen LogP contribution in [0.15, 0.2) is 24.5 Å². The minimum absolute atomic E-state index is 0.152. The van der Waals surface area contributed by atoms with Crippen molar-refractivity contribution in [2.45, 2.75) is 53.1 Å². The van der Waals surface area contributed by atoms with Gasteiger partial charge in [0, 0.05) is 24.3 Å². The molecule has 0 radical (unpaired) electrons. The third-order valence-corrected chi connectivity index (χ3v) is 4.13. The molecule has 0 aliphatic heterocycles. The predicted octanol–water partition coefficient (Wildman–Crippen LogP) is 3.02. The van der Waals surface area contributed by atoms with Crippen LogP contribution in [0.4, 0.5) is 10.5 Å². The number of aryl methyl sites for hydroxylation is 2. The Morgan fingerprint density at radius 1 is 1.22 bits per heavy atom. The lowest BCUT2D eigenvalue weighted by Gasteiger charge is -2.16. The predicted molar refractivity (Wildman–Crippen MR) is 105 cm³/mol. The van der Waals surface area contributed by atoms with E-state index in [9.17, 15) is 9.59 Å². The van der Waals surface area contributed by atoms with Crippen molar-refractivity contribution in [2.75, 3.05) is 11.9 Å².